The van der Waals surface area contributed by atoms with E-state index in [2.05, 4.69) is 24.5 Å². The van der Waals surface area contributed by atoms with Crippen molar-refractivity contribution >= 4 is 5.91 Å². The highest BCUT2D eigenvalue weighted by Gasteiger charge is 2.16. The van der Waals surface area contributed by atoms with Crippen LogP contribution in [0.2, 0.25) is 0 Å². The Labute approximate surface area is 120 Å². The highest BCUT2D eigenvalue weighted by molar-refractivity contribution is 5.94. The Hall–Kier alpha value is -1.55. The molecule has 20 heavy (non-hydrogen) atoms. The Morgan fingerprint density at radius 3 is 3.05 bits per heavy atom. The van der Waals surface area contributed by atoms with Gasteiger partial charge in [-0.1, -0.05) is 19.9 Å². The van der Waals surface area contributed by atoms with Crippen LogP contribution >= 0.6 is 0 Å². The standard InChI is InChI=1S/C16H24N2O2/c1-12(2)11-20-15-7-3-5-13(9-15)16(19)18-14-6-4-8-17-10-14/h3,5,7,9,12,14,17H,4,6,8,10-11H2,1-2H3,(H,18,19). The lowest BCUT2D eigenvalue weighted by Crippen LogP contribution is -2.45. The van der Waals surface area contributed by atoms with Gasteiger partial charge in [0, 0.05) is 18.2 Å². The molecule has 1 aliphatic heterocycles. The topological polar surface area (TPSA) is 50.4 Å². The highest BCUT2D eigenvalue weighted by Crippen LogP contribution is 2.15. The van der Waals surface area contributed by atoms with Gasteiger partial charge in [0.2, 0.25) is 0 Å². The molecular formula is C16H24N2O2. The van der Waals surface area contributed by atoms with Crippen molar-refractivity contribution in [3.63, 3.8) is 0 Å². The number of benzene rings is 1. The first kappa shape index (κ1) is 14.9. The van der Waals surface area contributed by atoms with Gasteiger partial charge in [-0.2, -0.15) is 0 Å². The van der Waals surface area contributed by atoms with E-state index >= 15 is 0 Å². The molecule has 0 bridgehead atoms. The second kappa shape index (κ2) is 7.29. The number of ether oxygens (including phenoxy) is 1. The van der Waals surface area contributed by atoms with Crippen LogP contribution in [0.4, 0.5) is 0 Å². The summed E-state index contributed by atoms with van der Waals surface area (Å²) in [5.74, 6) is 1.21. The fraction of sp³-hybridized carbons (Fsp3) is 0.562. The average molecular weight is 276 g/mol. The van der Waals surface area contributed by atoms with Crippen LogP contribution in [0.5, 0.6) is 5.75 Å². The van der Waals surface area contributed by atoms with E-state index in [-0.39, 0.29) is 11.9 Å². The molecule has 1 fully saturated rings. The zero-order chi connectivity index (χ0) is 14.4. The molecule has 1 aromatic rings. The first-order chi connectivity index (χ1) is 9.65. The van der Waals surface area contributed by atoms with Crippen LogP contribution in [0.3, 0.4) is 0 Å². The number of piperidine rings is 1. The van der Waals surface area contributed by atoms with E-state index in [0.29, 0.717) is 18.1 Å². The van der Waals surface area contributed by atoms with E-state index in [4.69, 9.17) is 4.74 Å². The van der Waals surface area contributed by atoms with E-state index in [1.807, 2.05) is 24.3 Å². The van der Waals surface area contributed by atoms with Crippen molar-refractivity contribution < 1.29 is 9.53 Å². The zero-order valence-corrected chi connectivity index (χ0v) is 12.3. The molecule has 1 unspecified atom stereocenters. The molecule has 2 N–H and O–H groups in total. The summed E-state index contributed by atoms with van der Waals surface area (Å²) in [6.45, 7) is 6.77. The van der Waals surface area contributed by atoms with Gasteiger partial charge in [-0.3, -0.25) is 4.79 Å². The van der Waals surface area contributed by atoms with Crippen molar-refractivity contribution in [1.82, 2.24) is 10.6 Å². The average Bonchev–Trinajstić information content (AvgIpc) is 2.46. The molecule has 1 aliphatic rings. The van der Waals surface area contributed by atoms with Crippen molar-refractivity contribution in [2.24, 2.45) is 5.92 Å². The van der Waals surface area contributed by atoms with E-state index in [0.717, 1.165) is 31.7 Å². The minimum atomic E-state index is -0.0197. The van der Waals surface area contributed by atoms with Crippen LogP contribution in [0, 0.1) is 5.92 Å². The van der Waals surface area contributed by atoms with Crippen LogP contribution in [-0.2, 0) is 0 Å². The predicted molar refractivity (Wildman–Crippen MR) is 80.1 cm³/mol. The first-order valence-electron chi connectivity index (χ1n) is 7.39. The van der Waals surface area contributed by atoms with Gasteiger partial charge in [0.15, 0.2) is 0 Å². The monoisotopic (exact) mass is 276 g/mol. The normalized spacial score (nSPS) is 18.9. The van der Waals surface area contributed by atoms with Gasteiger partial charge in [-0.25, -0.2) is 0 Å². The van der Waals surface area contributed by atoms with Gasteiger partial charge >= 0.3 is 0 Å². The maximum Gasteiger partial charge on any atom is 0.251 e. The lowest BCUT2D eigenvalue weighted by Gasteiger charge is -2.23. The quantitative estimate of drug-likeness (QED) is 0.867. The maximum absolute atomic E-state index is 12.2. The summed E-state index contributed by atoms with van der Waals surface area (Å²) in [6, 6.07) is 7.63. The predicted octanol–water partition coefficient (Wildman–Crippen LogP) is 2.20. The van der Waals surface area contributed by atoms with E-state index in [1.54, 1.807) is 0 Å². The third-order valence-electron chi connectivity index (χ3n) is 3.31. The van der Waals surface area contributed by atoms with Crippen molar-refractivity contribution in [2.75, 3.05) is 19.7 Å². The Bertz CT molecular complexity index is 440. The Kier molecular flexibility index (Phi) is 5.41. The first-order valence-corrected chi connectivity index (χ1v) is 7.39. The molecule has 0 saturated carbocycles. The Morgan fingerprint density at radius 2 is 2.35 bits per heavy atom. The molecule has 0 aliphatic carbocycles. The molecule has 1 heterocycles. The molecular weight excluding hydrogens is 252 g/mol. The van der Waals surface area contributed by atoms with Crippen molar-refractivity contribution in [2.45, 2.75) is 32.7 Å². The van der Waals surface area contributed by atoms with Crippen molar-refractivity contribution in [1.29, 1.82) is 0 Å². The largest absolute Gasteiger partial charge is 0.493 e. The van der Waals surface area contributed by atoms with Gasteiger partial charge in [0.1, 0.15) is 5.75 Å². The second-order valence-electron chi connectivity index (χ2n) is 5.75. The van der Waals surface area contributed by atoms with Gasteiger partial charge in [-0.15, -0.1) is 0 Å². The zero-order valence-electron chi connectivity index (χ0n) is 12.3. The minimum absolute atomic E-state index is 0.0197. The summed E-state index contributed by atoms with van der Waals surface area (Å²) < 4.78 is 5.66. The molecule has 1 atom stereocenters. The fourth-order valence-corrected chi connectivity index (χ4v) is 2.23. The molecule has 4 nitrogen and oxygen atoms in total. The van der Waals surface area contributed by atoms with Crippen molar-refractivity contribution in [3.8, 4) is 5.75 Å². The lowest BCUT2D eigenvalue weighted by molar-refractivity contribution is 0.0930. The SMILES string of the molecule is CC(C)COc1cccc(C(=O)NC2CCCNC2)c1. The van der Waals surface area contributed by atoms with Crippen molar-refractivity contribution in [3.05, 3.63) is 29.8 Å². The summed E-state index contributed by atoms with van der Waals surface area (Å²) in [7, 11) is 0. The van der Waals surface area contributed by atoms with Crippen LogP contribution < -0.4 is 15.4 Å². The Morgan fingerprint density at radius 1 is 1.50 bits per heavy atom. The summed E-state index contributed by atoms with van der Waals surface area (Å²) >= 11 is 0. The number of nitrogens with one attached hydrogen (secondary N) is 2. The molecule has 110 valence electrons. The summed E-state index contributed by atoms with van der Waals surface area (Å²) in [4.78, 5) is 12.2. The van der Waals surface area contributed by atoms with Crippen LogP contribution in [0.25, 0.3) is 0 Å². The number of carbonyl (C=O) groups is 1. The number of hydrogen-bond acceptors (Lipinski definition) is 3. The van der Waals surface area contributed by atoms with E-state index in [9.17, 15) is 4.79 Å². The van der Waals surface area contributed by atoms with Gasteiger partial charge in [-0.05, 0) is 43.5 Å². The van der Waals surface area contributed by atoms with Crippen LogP contribution in [-0.4, -0.2) is 31.6 Å². The van der Waals surface area contributed by atoms with Gasteiger partial charge in [0.25, 0.3) is 5.91 Å². The number of amides is 1. The summed E-state index contributed by atoms with van der Waals surface area (Å²) in [5, 5.41) is 6.37. The number of rotatable bonds is 5. The summed E-state index contributed by atoms with van der Waals surface area (Å²) in [5.41, 5.74) is 0.664. The molecule has 0 spiro atoms. The molecule has 2 rings (SSSR count). The third-order valence-corrected chi connectivity index (χ3v) is 3.31. The fourth-order valence-electron chi connectivity index (χ4n) is 2.23. The van der Waals surface area contributed by atoms with E-state index in [1.165, 1.54) is 0 Å². The highest BCUT2D eigenvalue weighted by atomic mass is 16.5. The third kappa shape index (κ3) is 4.53. The summed E-state index contributed by atoms with van der Waals surface area (Å²) in [6.07, 6.45) is 2.16. The van der Waals surface area contributed by atoms with Crippen LogP contribution in [0.15, 0.2) is 24.3 Å². The van der Waals surface area contributed by atoms with E-state index < -0.39 is 0 Å². The second-order valence-corrected chi connectivity index (χ2v) is 5.75. The van der Waals surface area contributed by atoms with Gasteiger partial charge in [0.05, 0.1) is 6.61 Å². The maximum atomic E-state index is 12.2. The molecule has 0 aromatic heterocycles. The molecule has 4 heteroatoms. The molecule has 1 amide bonds. The molecule has 0 radical (unpaired) electrons. The molecule has 1 saturated heterocycles. The number of hydrogen-bond donors (Lipinski definition) is 2. The lowest BCUT2D eigenvalue weighted by atomic mass is 10.1. The smallest absolute Gasteiger partial charge is 0.251 e. The van der Waals surface area contributed by atoms with Crippen LogP contribution in [0.1, 0.15) is 37.0 Å². The van der Waals surface area contributed by atoms with Gasteiger partial charge < -0.3 is 15.4 Å². The number of carbonyl (C=O) groups excluding carboxylic acids is 1. The minimum Gasteiger partial charge on any atom is -0.493 e. The molecule has 1 aromatic carbocycles. The Balaban J connectivity index is 1.93.